The molecule has 1 unspecified atom stereocenters. The predicted molar refractivity (Wildman–Crippen MR) is 112 cm³/mol. The Morgan fingerprint density at radius 3 is 2.55 bits per heavy atom. The minimum atomic E-state index is -0.297. The Balaban J connectivity index is 1.46. The van der Waals surface area contributed by atoms with Crippen LogP contribution >= 0.6 is 0 Å². The van der Waals surface area contributed by atoms with Gasteiger partial charge >= 0.3 is 0 Å². The SMILES string of the molecule is CC(C(=O)Nc1cccc(C#N)c1)N1CCC(C(=O)NCc2ccccc2)CC1. The summed E-state index contributed by atoms with van der Waals surface area (Å²) in [6.07, 6.45) is 1.48. The fraction of sp³-hybridized carbons (Fsp3) is 0.348. The highest BCUT2D eigenvalue weighted by molar-refractivity contribution is 5.94. The van der Waals surface area contributed by atoms with Crippen LogP contribution in [0.3, 0.4) is 0 Å². The first-order valence-electron chi connectivity index (χ1n) is 9.93. The summed E-state index contributed by atoms with van der Waals surface area (Å²) in [5.74, 6) is -0.0384. The zero-order chi connectivity index (χ0) is 20.6. The Bertz CT molecular complexity index is 883. The van der Waals surface area contributed by atoms with Gasteiger partial charge in [0.15, 0.2) is 0 Å². The number of hydrogen-bond donors (Lipinski definition) is 2. The van der Waals surface area contributed by atoms with Gasteiger partial charge in [-0.2, -0.15) is 5.26 Å². The van der Waals surface area contributed by atoms with E-state index in [1.165, 1.54) is 0 Å². The van der Waals surface area contributed by atoms with Gasteiger partial charge in [-0.1, -0.05) is 36.4 Å². The predicted octanol–water partition coefficient (Wildman–Crippen LogP) is 2.91. The molecular weight excluding hydrogens is 364 g/mol. The second-order valence-corrected chi connectivity index (χ2v) is 7.37. The normalized spacial score (nSPS) is 15.9. The van der Waals surface area contributed by atoms with E-state index in [1.54, 1.807) is 24.3 Å². The van der Waals surface area contributed by atoms with Crippen LogP contribution in [0.2, 0.25) is 0 Å². The molecule has 1 saturated heterocycles. The van der Waals surface area contributed by atoms with Crippen molar-refractivity contribution in [2.75, 3.05) is 18.4 Å². The quantitative estimate of drug-likeness (QED) is 0.794. The van der Waals surface area contributed by atoms with Crippen LogP contribution in [0, 0.1) is 17.2 Å². The van der Waals surface area contributed by atoms with Gasteiger partial charge < -0.3 is 10.6 Å². The number of piperidine rings is 1. The number of nitriles is 1. The fourth-order valence-electron chi connectivity index (χ4n) is 3.56. The number of carbonyl (C=O) groups excluding carboxylic acids is 2. The number of rotatable bonds is 6. The molecular formula is C23H26N4O2. The molecule has 2 aromatic carbocycles. The number of carbonyl (C=O) groups is 2. The van der Waals surface area contributed by atoms with Crippen molar-refractivity contribution in [3.05, 3.63) is 65.7 Å². The molecule has 3 rings (SSSR count). The smallest absolute Gasteiger partial charge is 0.241 e. The molecule has 6 heteroatoms. The Hall–Kier alpha value is -3.17. The van der Waals surface area contributed by atoms with Crippen molar-refractivity contribution in [2.24, 2.45) is 5.92 Å². The fourth-order valence-corrected chi connectivity index (χ4v) is 3.56. The number of likely N-dealkylation sites (tertiary alicyclic amines) is 1. The lowest BCUT2D eigenvalue weighted by Crippen LogP contribution is -2.48. The first-order chi connectivity index (χ1) is 14.1. The number of anilines is 1. The van der Waals surface area contributed by atoms with Gasteiger partial charge in [0.1, 0.15) is 0 Å². The van der Waals surface area contributed by atoms with Gasteiger partial charge in [-0.3, -0.25) is 14.5 Å². The van der Waals surface area contributed by atoms with Gasteiger partial charge in [-0.25, -0.2) is 0 Å². The number of benzene rings is 2. The van der Waals surface area contributed by atoms with Crippen molar-refractivity contribution in [1.29, 1.82) is 5.26 Å². The average molecular weight is 390 g/mol. The molecule has 0 spiro atoms. The first-order valence-corrected chi connectivity index (χ1v) is 9.93. The Kier molecular flexibility index (Phi) is 6.99. The lowest BCUT2D eigenvalue weighted by molar-refractivity contribution is -0.127. The summed E-state index contributed by atoms with van der Waals surface area (Å²) in [4.78, 5) is 27.1. The maximum atomic E-state index is 12.6. The Morgan fingerprint density at radius 2 is 1.86 bits per heavy atom. The van der Waals surface area contributed by atoms with E-state index in [1.807, 2.05) is 37.3 Å². The van der Waals surface area contributed by atoms with Gasteiger partial charge in [0.05, 0.1) is 17.7 Å². The van der Waals surface area contributed by atoms with Crippen LogP contribution in [-0.4, -0.2) is 35.8 Å². The minimum absolute atomic E-state index is 0.0162. The maximum absolute atomic E-state index is 12.6. The minimum Gasteiger partial charge on any atom is -0.352 e. The zero-order valence-corrected chi connectivity index (χ0v) is 16.6. The molecule has 2 aromatic rings. The van der Waals surface area contributed by atoms with Crippen LogP contribution in [0.15, 0.2) is 54.6 Å². The topological polar surface area (TPSA) is 85.2 Å². The summed E-state index contributed by atoms with van der Waals surface area (Å²) in [5, 5.41) is 14.9. The van der Waals surface area contributed by atoms with Crippen molar-refractivity contribution < 1.29 is 9.59 Å². The first kappa shape index (κ1) is 20.6. The molecule has 6 nitrogen and oxygen atoms in total. The number of nitrogens with one attached hydrogen (secondary N) is 2. The van der Waals surface area contributed by atoms with Crippen molar-refractivity contribution in [3.63, 3.8) is 0 Å². The lowest BCUT2D eigenvalue weighted by atomic mass is 9.94. The van der Waals surface area contributed by atoms with Crippen LogP contribution in [0.1, 0.15) is 30.9 Å². The zero-order valence-electron chi connectivity index (χ0n) is 16.6. The van der Waals surface area contributed by atoms with E-state index in [2.05, 4.69) is 21.6 Å². The standard InChI is InChI=1S/C23H26N4O2/c1-17(22(28)26-21-9-5-8-19(14-21)15-24)27-12-10-20(11-13-27)23(29)25-16-18-6-3-2-4-7-18/h2-9,14,17,20H,10-13,16H2,1H3,(H,25,29)(H,26,28). The molecule has 1 aliphatic rings. The van der Waals surface area contributed by atoms with Crippen molar-refractivity contribution in [1.82, 2.24) is 10.2 Å². The second kappa shape index (κ2) is 9.85. The van der Waals surface area contributed by atoms with Gasteiger partial charge in [0.25, 0.3) is 0 Å². The van der Waals surface area contributed by atoms with E-state index in [0.717, 1.165) is 18.4 Å². The molecule has 1 aliphatic heterocycles. The van der Waals surface area contributed by atoms with Gasteiger partial charge in [0.2, 0.25) is 11.8 Å². The molecule has 1 fully saturated rings. The van der Waals surface area contributed by atoms with Crippen LogP contribution in [0.4, 0.5) is 5.69 Å². The van der Waals surface area contributed by atoms with E-state index >= 15 is 0 Å². The summed E-state index contributed by atoms with van der Waals surface area (Å²) >= 11 is 0. The van der Waals surface area contributed by atoms with Crippen LogP contribution in [0.25, 0.3) is 0 Å². The monoisotopic (exact) mass is 390 g/mol. The Labute approximate surface area is 171 Å². The summed E-state index contributed by atoms with van der Waals surface area (Å²) < 4.78 is 0. The van der Waals surface area contributed by atoms with Crippen molar-refractivity contribution >= 4 is 17.5 Å². The summed E-state index contributed by atoms with van der Waals surface area (Å²) in [6.45, 7) is 3.83. The Morgan fingerprint density at radius 1 is 1.14 bits per heavy atom. The van der Waals surface area contributed by atoms with Crippen molar-refractivity contribution in [2.45, 2.75) is 32.4 Å². The largest absolute Gasteiger partial charge is 0.352 e. The van der Waals surface area contributed by atoms with Gasteiger partial charge in [-0.05, 0) is 56.6 Å². The molecule has 2 N–H and O–H groups in total. The summed E-state index contributed by atoms with van der Waals surface area (Å²) in [5.41, 5.74) is 2.22. The third-order valence-electron chi connectivity index (χ3n) is 5.40. The summed E-state index contributed by atoms with van der Waals surface area (Å²) in [7, 11) is 0. The third kappa shape index (κ3) is 5.66. The van der Waals surface area contributed by atoms with E-state index < -0.39 is 0 Å². The second-order valence-electron chi connectivity index (χ2n) is 7.37. The highest BCUT2D eigenvalue weighted by Gasteiger charge is 2.29. The molecule has 0 bridgehead atoms. The number of amides is 2. The van der Waals surface area contributed by atoms with E-state index in [4.69, 9.17) is 5.26 Å². The van der Waals surface area contributed by atoms with Crippen LogP contribution in [0.5, 0.6) is 0 Å². The van der Waals surface area contributed by atoms with E-state index in [0.29, 0.717) is 30.9 Å². The van der Waals surface area contributed by atoms with Crippen molar-refractivity contribution in [3.8, 4) is 6.07 Å². The molecule has 0 saturated carbocycles. The highest BCUT2D eigenvalue weighted by atomic mass is 16.2. The van der Waals surface area contributed by atoms with E-state index in [-0.39, 0.29) is 23.8 Å². The molecule has 29 heavy (non-hydrogen) atoms. The maximum Gasteiger partial charge on any atom is 0.241 e. The lowest BCUT2D eigenvalue weighted by Gasteiger charge is -2.34. The summed E-state index contributed by atoms with van der Waals surface area (Å²) in [6, 6.07) is 18.5. The molecule has 150 valence electrons. The van der Waals surface area contributed by atoms with Gasteiger partial charge in [0, 0.05) is 18.2 Å². The molecule has 1 atom stereocenters. The van der Waals surface area contributed by atoms with Crippen LogP contribution < -0.4 is 10.6 Å². The average Bonchev–Trinajstić information content (AvgIpc) is 2.78. The highest BCUT2D eigenvalue weighted by Crippen LogP contribution is 2.20. The third-order valence-corrected chi connectivity index (χ3v) is 5.40. The molecule has 1 heterocycles. The molecule has 0 aromatic heterocycles. The molecule has 0 radical (unpaired) electrons. The molecule has 0 aliphatic carbocycles. The molecule has 2 amide bonds. The number of nitrogens with zero attached hydrogens (tertiary/aromatic N) is 2. The van der Waals surface area contributed by atoms with Gasteiger partial charge in [-0.15, -0.1) is 0 Å². The van der Waals surface area contributed by atoms with E-state index in [9.17, 15) is 9.59 Å². The number of hydrogen-bond acceptors (Lipinski definition) is 4. The van der Waals surface area contributed by atoms with Crippen LogP contribution in [-0.2, 0) is 16.1 Å².